The highest BCUT2D eigenvalue weighted by atomic mass is 15.6. The fourth-order valence-corrected chi connectivity index (χ4v) is 2.65. The quantitative estimate of drug-likeness (QED) is 0.872. The van der Waals surface area contributed by atoms with E-state index >= 15 is 0 Å². The summed E-state index contributed by atoms with van der Waals surface area (Å²) in [5.74, 6) is 2.42. The molecule has 1 fully saturated rings. The first-order chi connectivity index (χ1) is 8.58. The minimum absolute atomic E-state index is 0.221. The first kappa shape index (κ1) is 13.5. The molecular formula is C13H25N5. The van der Waals surface area contributed by atoms with Gasteiger partial charge in [0.15, 0.2) is 5.82 Å². The molecule has 102 valence electrons. The highest BCUT2D eigenvalue weighted by Gasteiger charge is 2.27. The van der Waals surface area contributed by atoms with E-state index in [2.05, 4.69) is 48.5 Å². The Morgan fingerprint density at radius 1 is 1.33 bits per heavy atom. The van der Waals surface area contributed by atoms with Gasteiger partial charge in [-0.1, -0.05) is 20.8 Å². The number of hydrogen-bond donors (Lipinski definition) is 1. The van der Waals surface area contributed by atoms with Gasteiger partial charge in [-0.25, -0.2) is 4.68 Å². The zero-order valence-electron chi connectivity index (χ0n) is 11.9. The number of rotatable bonds is 5. The molecule has 1 N–H and O–H groups in total. The second-order valence-corrected chi connectivity index (χ2v) is 6.08. The Morgan fingerprint density at radius 3 is 2.72 bits per heavy atom. The van der Waals surface area contributed by atoms with Crippen LogP contribution in [0.5, 0.6) is 0 Å². The number of aromatic nitrogens is 4. The molecule has 0 saturated heterocycles. The lowest BCUT2D eigenvalue weighted by atomic mass is 10.1. The standard InChI is InChI=1S/C13H25N5/c1-9(2)8-14-11(4)13-15-16-17-18(13)12-6-5-10(3)7-12/h9-12,14H,5-8H2,1-4H3. The van der Waals surface area contributed by atoms with Gasteiger partial charge in [-0.15, -0.1) is 5.10 Å². The lowest BCUT2D eigenvalue weighted by Crippen LogP contribution is -2.27. The summed E-state index contributed by atoms with van der Waals surface area (Å²) >= 11 is 0. The third kappa shape index (κ3) is 3.07. The molecule has 18 heavy (non-hydrogen) atoms. The normalized spacial score (nSPS) is 25.8. The minimum atomic E-state index is 0.221. The van der Waals surface area contributed by atoms with Gasteiger partial charge in [-0.3, -0.25) is 0 Å². The molecule has 1 saturated carbocycles. The van der Waals surface area contributed by atoms with E-state index in [1.54, 1.807) is 0 Å². The van der Waals surface area contributed by atoms with E-state index in [1.165, 1.54) is 19.3 Å². The topological polar surface area (TPSA) is 55.6 Å². The van der Waals surface area contributed by atoms with Crippen LogP contribution in [0, 0.1) is 11.8 Å². The van der Waals surface area contributed by atoms with Gasteiger partial charge < -0.3 is 5.32 Å². The van der Waals surface area contributed by atoms with Crippen molar-refractivity contribution in [3.63, 3.8) is 0 Å². The SMILES string of the molecule is CC(C)CNC(C)c1nnnn1C1CCC(C)C1. The van der Waals surface area contributed by atoms with Crippen LogP contribution < -0.4 is 5.32 Å². The van der Waals surface area contributed by atoms with Crippen LogP contribution in [0.15, 0.2) is 0 Å². The molecule has 0 amide bonds. The molecule has 0 spiro atoms. The lowest BCUT2D eigenvalue weighted by Gasteiger charge is -2.18. The molecule has 5 nitrogen and oxygen atoms in total. The molecule has 1 aromatic heterocycles. The maximum absolute atomic E-state index is 4.20. The Bertz CT molecular complexity index is 373. The second kappa shape index (κ2) is 5.78. The van der Waals surface area contributed by atoms with E-state index in [9.17, 15) is 0 Å². The molecule has 3 unspecified atom stereocenters. The molecule has 0 bridgehead atoms. The summed E-state index contributed by atoms with van der Waals surface area (Å²) < 4.78 is 2.04. The Balaban J connectivity index is 2.02. The average Bonchev–Trinajstić information content (AvgIpc) is 2.93. The van der Waals surface area contributed by atoms with Crippen LogP contribution in [0.1, 0.15) is 64.9 Å². The van der Waals surface area contributed by atoms with E-state index < -0.39 is 0 Å². The Kier molecular flexibility index (Phi) is 4.32. The summed E-state index contributed by atoms with van der Waals surface area (Å²) in [5, 5.41) is 15.8. The van der Waals surface area contributed by atoms with Gasteiger partial charge >= 0.3 is 0 Å². The van der Waals surface area contributed by atoms with Crippen molar-refractivity contribution in [1.29, 1.82) is 0 Å². The van der Waals surface area contributed by atoms with Crippen LogP contribution >= 0.6 is 0 Å². The molecular weight excluding hydrogens is 226 g/mol. The summed E-state index contributed by atoms with van der Waals surface area (Å²) in [7, 11) is 0. The smallest absolute Gasteiger partial charge is 0.168 e. The van der Waals surface area contributed by atoms with E-state index in [0.29, 0.717) is 12.0 Å². The van der Waals surface area contributed by atoms with Crippen molar-refractivity contribution in [3.05, 3.63) is 5.82 Å². The first-order valence-electron chi connectivity index (χ1n) is 7.09. The van der Waals surface area contributed by atoms with Crippen molar-refractivity contribution in [2.24, 2.45) is 11.8 Å². The fraction of sp³-hybridized carbons (Fsp3) is 0.923. The van der Waals surface area contributed by atoms with Crippen molar-refractivity contribution in [3.8, 4) is 0 Å². The Hall–Kier alpha value is -0.970. The highest BCUT2D eigenvalue weighted by Crippen LogP contribution is 2.34. The Labute approximate surface area is 109 Å². The summed E-state index contributed by atoms with van der Waals surface area (Å²) in [5.41, 5.74) is 0. The van der Waals surface area contributed by atoms with Crippen LogP contribution in [-0.2, 0) is 0 Å². The predicted molar refractivity (Wildman–Crippen MR) is 71.1 cm³/mol. The van der Waals surface area contributed by atoms with Gasteiger partial charge in [0, 0.05) is 0 Å². The predicted octanol–water partition coefficient (Wildman–Crippen LogP) is 2.34. The molecule has 2 rings (SSSR count). The first-order valence-corrected chi connectivity index (χ1v) is 7.09. The van der Waals surface area contributed by atoms with Crippen LogP contribution in [0.3, 0.4) is 0 Å². The van der Waals surface area contributed by atoms with Gasteiger partial charge in [-0.05, 0) is 55.0 Å². The Morgan fingerprint density at radius 2 is 2.11 bits per heavy atom. The van der Waals surface area contributed by atoms with Gasteiger partial charge in [0.25, 0.3) is 0 Å². The van der Waals surface area contributed by atoms with E-state index in [-0.39, 0.29) is 6.04 Å². The molecule has 3 atom stereocenters. The van der Waals surface area contributed by atoms with E-state index in [4.69, 9.17) is 0 Å². The molecule has 1 aliphatic carbocycles. The number of nitrogens with zero attached hydrogens (tertiary/aromatic N) is 4. The van der Waals surface area contributed by atoms with Crippen molar-refractivity contribution >= 4 is 0 Å². The molecule has 1 aliphatic rings. The summed E-state index contributed by atoms with van der Waals surface area (Å²) in [6, 6.07) is 0.714. The van der Waals surface area contributed by atoms with Crippen molar-refractivity contribution in [2.45, 2.75) is 59.0 Å². The molecule has 1 heterocycles. The van der Waals surface area contributed by atoms with Crippen molar-refractivity contribution in [1.82, 2.24) is 25.5 Å². The summed E-state index contributed by atoms with van der Waals surface area (Å²) in [6.07, 6.45) is 3.70. The molecule has 0 radical (unpaired) electrons. The molecule has 0 aliphatic heterocycles. The zero-order chi connectivity index (χ0) is 13.1. The van der Waals surface area contributed by atoms with Crippen LogP contribution in [-0.4, -0.2) is 26.8 Å². The van der Waals surface area contributed by atoms with Crippen LogP contribution in [0.2, 0.25) is 0 Å². The zero-order valence-corrected chi connectivity index (χ0v) is 11.9. The average molecular weight is 251 g/mol. The van der Waals surface area contributed by atoms with Gasteiger partial charge in [0.05, 0.1) is 12.1 Å². The number of tetrazole rings is 1. The maximum Gasteiger partial charge on any atom is 0.168 e. The number of nitrogens with one attached hydrogen (secondary N) is 1. The molecule has 0 aromatic carbocycles. The summed E-state index contributed by atoms with van der Waals surface area (Å²) in [4.78, 5) is 0. The summed E-state index contributed by atoms with van der Waals surface area (Å²) in [6.45, 7) is 9.87. The monoisotopic (exact) mass is 251 g/mol. The molecule has 5 heteroatoms. The lowest BCUT2D eigenvalue weighted by molar-refractivity contribution is 0.394. The van der Waals surface area contributed by atoms with Gasteiger partial charge in [-0.2, -0.15) is 0 Å². The second-order valence-electron chi connectivity index (χ2n) is 6.08. The highest BCUT2D eigenvalue weighted by molar-refractivity contribution is 4.93. The van der Waals surface area contributed by atoms with E-state index in [0.717, 1.165) is 18.3 Å². The van der Waals surface area contributed by atoms with Crippen molar-refractivity contribution in [2.75, 3.05) is 6.54 Å². The fourth-order valence-electron chi connectivity index (χ4n) is 2.65. The van der Waals surface area contributed by atoms with Gasteiger partial charge in [0.1, 0.15) is 0 Å². The van der Waals surface area contributed by atoms with Crippen LogP contribution in [0.25, 0.3) is 0 Å². The maximum atomic E-state index is 4.20. The number of hydrogen-bond acceptors (Lipinski definition) is 4. The van der Waals surface area contributed by atoms with Gasteiger partial charge in [0.2, 0.25) is 0 Å². The van der Waals surface area contributed by atoms with Crippen molar-refractivity contribution < 1.29 is 0 Å². The molecule has 1 aromatic rings. The largest absolute Gasteiger partial charge is 0.307 e. The third-order valence-electron chi connectivity index (χ3n) is 3.75. The van der Waals surface area contributed by atoms with E-state index in [1.807, 2.05) is 4.68 Å². The third-order valence-corrected chi connectivity index (χ3v) is 3.75. The van der Waals surface area contributed by atoms with Crippen LogP contribution in [0.4, 0.5) is 0 Å². The minimum Gasteiger partial charge on any atom is -0.307 e.